The van der Waals surface area contributed by atoms with Gasteiger partial charge in [-0.25, -0.2) is 13.8 Å². The molecule has 2 rings (SSSR count). The molecule has 0 aliphatic carbocycles. The van der Waals surface area contributed by atoms with Crippen LogP contribution in [0.1, 0.15) is 5.56 Å². The second kappa shape index (κ2) is 5.05. The quantitative estimate of drug-likeness (QED) is 0.838. The molecule has 3 nitrogen and oxygen atoms in total. The second-order valence-corrected chi connectivity index (χ2v) is 3.96. The highest BCUT2D eigenvalue weighted by atomic mass is 32.1. The number of aromatic nitrogens is 1. The monoisotopic (exact) mass is 265 g/mol. The van der Waals surface area contributed by atoms with Gasteiger partial charge < -0.3 is 11.1 Å². The molecule has 0 spiro atoms. The van der Waals surface area contributed by atoms with Gasteiger partial charge in [0.1, 0.15) is 10.8 Å². The van der Waals surface area contributed by atoms with Crippen LogP contribution in [0.4, 0.5) is 20.3 Å². The van der Waals surface area contributed by atoms with Crippen molar-refractivity contribution in [3.05, 3.63) is 53.7 Å². The Balaban J connectivity index is 2.34. The van der Waals surface area contributed by atoms with E-state index in [9.17, 15) is 8.78 Å². The van der Waals surface area contributed by atoms with Crippen LogP contribution in [0.5, 0.6) is 0 Å². The number of nitrogens with two attached hydrogens (primary N) is 1. The molecule has 2 aromatic rings. The Kier molecular flexibility index (Phi) is 3.47. The Hall–Kier alpha value is -2.08. The molecule has 0 atom stereocenters. The van der Waals surface area contributed by atoms with E-state index in [0.29, 0.717) is 17.1 Å². The molecule has 0 amide bonds. The lowest BCUT2D eigenvalue weighted by atomic mass is 10.2. The van der Waals surface area contributed by atoms with Crippen molar-refractivity contribution >= 4 is 28.7 Å². The molecule has 0 aliphatic rings. The third-order valence-corrected chi connectivity index (χ3v) is 2.48. The Bertz CT molecular complexity index is 602. The maximum Gasteiger partial charge on any atom is 0.160 e. The number of hydrogen-bond acceptors (Lipinski definition) is 3. The molecule has 18 heavy (non-hydrogen) atoms. The Morgan fingerprint density at radius 1 is 1.22 bits per heavy atom. The molecule has 0 bridgehead atoms. The summed E-state index contributed by atoms with van der Waals surface area (Å²) in [6.45, 7) is 0. The highest BCUT2D eigenvalue weighted by molar-refractivity contribution is 7.80. The van der Waals surface area contributed by atoms with Crippen molar-refractivity contribution in [1.29, 1.82) is 0 Å². The van der Waals surface area contributed by atoms with Gasteiger partial charge in [-0.15, -0.1) is 0 Å². The number of thiocarbonyl (C=S) groups is 1. The number of nitrogens with zero attached hydrogens (tertiary/aromatic N) is 1. The minimum absolute atomic E-state index is 0.174. The van der Waals surface area contributed by atoms with Crippen LogP contribution in [0.15, 0.2) is 36.5 Å². The van der Waals surface area contributed by atoms with Crippen LogP contribution in [0, 0.1) is 11.6 Å². The van der Waals surface area contributed by atoms with E-state index in [1.165, 1.54) is 6.07 Å². The van der Waals surface area contributed by atoms with Crippen molar-refractivity contribution in [1.82, 2.24) is 4.98 Å². The van der Waals surface area contributed by atoms with Gasteiger partial charge in [0.05, 0.1) is 5.56 Å². The van der Waals surface area contributed by atoms with E-state index in [-0.39, 0.29) is 4.99 Å². The summed E-state index contributed by atoms with van der Waals surface area (Å²) in [6.07, 6.45) is 1.55. The Morgan fingerprint density at radius 2 is 2.00 bits per heavy atom. The van der Waals surface area contributed by atoms with Crippen LogP contribution in [0.2, 0.25) is 0 Å². The van der Waals surface area contributed by atoms with E-state index in [4.69, 9.17) is 18.0 Å². The summed E-state index contributed by atoms with van der Waals surface area (Å²) in [5.74, 6) is -1.44. The molecule has 0 aliphatic heterocycles. The van der Waals surface area contributed by atoms with Gasteiger partial charge in [0.2, 0.25) is 0 Å². The zero-order valence-electron chi connectivity index (χ0n) is 9.15. The number of pyridine rings is 1. The van der Waals surface area contributed by atoms with Crippen molar-refractivity contribution in [3.63, 3.8) is 0 Å². The van der Waals surface area contributed by atoms with E-state index in [2.05, 4.69) is 10.3 Å². The van der Waals surface area contributed by atoms with Crippen molar-refractivity contribution in [2.45, 2.75) is 0 Å². The van der Waals surface area contributed by atoms with Gasteiger partial charge in [-0.3, -0.25) is 0 Å². The first-order valence-electron chi connectivity index (χ1n) is 5.05. The van der Waals surface area contributed by atoms with Gasteiger partial charge in [0, 0.05) is 18.0 Å². The lowest BCUT2D eigenvalue weighted by Crippen LogP contribution is -2.12. The normalized spacial score (nSPS) is 10.1. The van der Waals surface area contributed by atoms with E-state index >= 15 is 0 Å². The summed E-state index contributed by atoms with van der Waals surface area (Å²) in [4.78, 5) is 4.23. The highest BCUT2D eigenvalue weighted by Gasteiger charge is 2.08. The molecule has 1 aromatic carbocycles. The lowest BCUT2D eigenvalue weighted by molar-refractivity contribution is 0.509. The van der Waals surface area contributed by atoms with Crippen molar-refractivity contribution in [2.75, 3.05) is 5.32 Å². The van der Waals surface area contributed by atoms with E-state index in [0.717, 1.165) is 12.1 Å². The number of nitrogens with one attached hydrogen (secondary N) is 1. The molecule has 0 saturated carbocycles. The van der Waals surface area contributed by atoms with Crippen LogP contribution in [0.3, 0.4) is 0 Å². The molecule has 6 heteroatoms. The first-order valence-corrected chi connectivity index (χ1v) is 5.45. The molecule has 92 valence electrons. The predicted octanol–water partition coefficient (Wildman–Crippen LogP) is 2.74. The van der Waals surface area contributed by atoms with E-state index < -0.39 is 11.6 Å². The van der Waals surface area contributed by atoms with E-state index in [1.807, 2.05) is 0 Å². The maximum atomic E-state index is 13.1. The van der Waals surface area contributed by atoms with Crippen LogP contribution in [-0.2, 0) is 0 Å². The summed E-state index contributed by atoms with van der Waals surface area (Å²) in [6, 6.07) is 6.84. The summed E-state index contributed by atoms with van der Waals surface area (Å²) < 4.78 is 25.8. The van der Waals surface area contributed by atoms with Crippen LogP contribution in [0.25, 0.3) is 0 Å². The third-order valence-electron chi connectivity index (χ3n) is 2.26. The summed E-state index contributed by atoms with van der Waals surface area (Å²) in [5.41, 5.74) is 6.44. The fraction of sp³-hybridized carbons (Fsp3) is 0. The first kappa shape index (κ1) is 12.4. The van der Waals surface area contributed by atoms with Crippen LogP contribution in [-0.4, -0.2) is 9.97 Å². The van der Waals surface area contributed by atoms with Gasteiger partial charge in [-0.2, -0.15) is 0 Å². The highest BCUT2D eigenvalue weighted by Crippen LogP contribution is 2.20. The maximum absolute atomic E-state index is 13.1. The van der Waals surface area contributed by atoms with Gasteiger partial charge >= 0.3 is 0 Å². The molecule has 0 fully saturated rings. The average Bonchev–Trinajstić information content (AvgIpc) is 2.34. The standard InChI is InChI=1S/C12H9F2N3S/c13-9-4-3-7(6-10(9)14)17-12-8(11(15)18)2-1-5-16-12/h1-6H,(H2,15,18)(H,16,17). The Morgan fingerprint density at radius 3 is 2.67 bits per heavy atom. The van der Waals surface area contributed by atoms with Crippen molar-refractivity contribution in [2.24, 2.45) is 5.73 Å². The smallest absolute Gasteiger partial charge is 0.160 e. The molecule has 1 aromatic heterocycles. The lowest BCUT2D eigenvalue weighted by Gasteiger charge is -2.09. The number of rotatable bonds is 3. The van der Waals surface area contributed by atoms with Crippen molar-refractivity contribution < 1.29 is 8.78 Å². The number of benzene rings is 1. The van der Waals surface area contributed by atoms with Gasteiger partial charge in [0.15, 0.2) is 11.6 Å². The van der Waals surface area contributed by atoms with E-state index in [1.54, 1.807) is 18.3 Å². The third kappa shape index (κ3) is 2.60. The second-order valence-electron chi connectivity index (χ2n) is 3.52. The Labute approximate surface area is 108 Å². The molecular weight excluding hydrogens is 256 g/mol. The number of hydrogen-bond donors (Lipinski definition) is 2. The fourth-order valence-electron chi connectivity index (χ4n) is 1.41. The summed E-state index contributed by atoms with van der Waals surface area (Å²) >= 11 is 4.88. The molecule has 3 N–H and O–H groups in total. The van der Waals surface area contributed by atoms with Gasteiger partial charge in [-0.1, -0.05) is 12.2 Å². The first-order chi connectivity index (χ1) is 8.58. The zero-order valence-corrected chi connectivity index (χ0v) is 9.97. The minimum Gasteiger partial charge on any atom is -0.389 e. The van der Waals surface area contributed by atoms with Gasteiger partial charge in [-0.05, 0) is 24.3 Å². The largest absolute Gasteiger partial charge is 0.389 e. The summed E-state index contributed by atoms with van der Waals surface area (Å²) in [7, 11) is 0. The fourth-order valence-corrected chi connectivity index (χ4v) is 1.58. The SMILES string of the molecule is NC(=S)c1cccnc1Nc1ccc(F)c(F)c1. The molecule has 1 heterocycles. The van der Waals surface area contributed by atoms with Gasteiger partial charge in [0.25, 0.3) is 0 Å². The predicted molar refractivity (Wildman–Crippen MR) is 69.8 cm³/mol. The average molecular weight is 265 g/mol. The number of halogens is 2. The molecular formula is C12H9F2N3S. The summed E-state index contributed by atoms with van der Waals surface area (Å²) in [5, 5.41) is 2.84. The zero-order chi connectivity index (χ0) is 13.1. The minimum atomic E-state index is -0.937. The topological polar surface area (TPSA) is 50.9 Å². The van der Waals surface area contributed by atoms with Crippen LogP contribution >= 0.6 is 12.2 Å². The van der Waals surface area contributed by atoms with Crippen LogP contribution < -0.4 is 11.1 Å². The molecule has 0 unspecified atom stereocenters. The van der Waals surface area contributed by atoms with Crippen molar-refractivity contribution in [3.8, 4) is 0 Å². The molecule has 0 radical (unpaired) electrons. The molecule has 0 saturated heterocycles. The number of anilines is 2.